The topological polar surface area (TPSA) is 75.5 Å². The number of fused-ring (bicyclic) bond motifs is 1. The first-order chi connectivity index (χ1) is 9.45. The van der Waals surface area contributed by atoms with Gasteiger partial charge in [-0.25, -0.2) is 18.1 Å². The zero-order valence-electron chi connectivity index (χ0n) is 11.5. The van der Waals surface area contributed by atoms with E-state index < -0.39 is 10.0 Å². The van der Waals surface area contributed by atoms with E-state index in [1.54, 1.807) is 17.6 Å². The highest BCUT2D eigenvalue weighted by molar-refractivity contribution is 7.89. The van der Waals surface area contributed by atoms with Crippen LogP contribution >= 0.6 is 11.3 Å². The van der Waals surface area contributed by atoms with Crippen LogP contribution in [0.1, 0.15) is 26.2 Å². The zero-order valence-corrected chi connectivity index (χ0v) is 13.1. The number of anilines is 1. The first kappa shape index (κ1) is 13.8. The number of aromatic nitrogens is 2. The number of nitrogens with zero attached hydrogens (tertiary/aromatic N) is 2. The van der Waals surface area contributed by atoms with Gasteiger partial charge in [0, 0.05) is 25.2 Å². The Morgan fingerprint density at radius 2 is 2.25 bits per heavy atom. The smallest absolute Gasteiger partial charge is 0.260 e. The van der Waals surface area contributed by atoms with Crippen LogP contribution in [-0.4, -0.2) is 31.4 Å². The van der Waals surface area contributed by atoms with E-state index in [1.807, 2.05) is 5.38 Å². The third-order valence-corrected chi connectivity index (χ3v) is 6.14. The second-order valence-electron chi connectivity index (χ2n) is 5.56. The SMILES string of the molecule is CNc1nc2sccn2c1S(=O)(=O)NCC1(C)CCC1. The van der Waals surface area contributed by atoms with Crippen molar-refractivity contribution in [3.8, 4) is 0 Å². The lowest BCUT2D eigenvalue weighted by Crippen LogP contribution is -2.40. The summed E-state index contributed by atoms with van der Waals surface area (Å²) in [6, 6.07) is 0. The van der Waals surface area contributed by atoms with Gasteiger partial charge in [-0.05, 0) is 18.3 Å². The van der Waals surface area contributed by atoms with Crippen LogP contribution < -0.4 is 10.0 Å². The lowest BCUT2D eigenvalue weighted by Gasteiger charge is -2.38. The van der Waals surface area contributed by atoms with E-state index in [0.717, 1.165) is 12.8 Å². The molecule has 0 amide bonds. The summed E-state index contributed by atoms with van der Waals surface area (Å²) in [6.45, 7) is 2.60. The van der Waals surface area contributed by atoms with Gasteiger partial charge in [0.05, 0.1) is 0 Å². The van der Waals surface area contributed by atoms with Crippen molar-refractivity contribution in [2.24, 2.45) is 5.41 Å². The number of imidazole rings is 1. The minimum atomic E-state index is -3.57. The molecule has 0 aromatic carbocycles. The molecule has 6 nitrogen and oxygen atoms in total. The fraction of sp³-hybridized carbons (Fsp3) is 0.583. The van der Waals surface area contributed by atoms with Gasteiger partial charge in [0.1, 0.15) is 0 Å². The van der Waals surface area contributed by atoms with E-state index in [2.05, 4.69) is 21.9 Å². The molecule has 0 aliphatic heterocycles. The van der Waals surface area contributed by atoms with Crippen molar-refractivity contribution in [3.05, 3.63) is 11.6 Å². The maximum absolute atomic E-state index is 12.6. The largest absolute Gasteiger partial charge is 0.371 e. The quantitative estimate of drug-likeness (QED) is 0.884. The van der Waals surface area contributed by atoms with Crippen molar-refractivity contribution in [3.63, 3.8) is 0 Å². The highest BCUT2D eigenvalue weighted by atomic mass is 32.2. The molecular weight excluding hydrogens is 296 g/mol. The first-order valence-corrected chi connectivity index (χ1v) is 8.94. The monoisotopic (exact) mass is 314 g/mol. The molecule has 0 atom stereocenters. The Balaban J connectivity index is 1.93. The molecule has 2 aromatic heterocycles. The molecule has 0 radical (unpaired) electrons. The van der Waals surface area contributed by atoms with Crippen LogP contribution in [0.3, 0.4) is 0 Å². The second kappa shape index (κ2) is 4.71. The van der Waals surface area contributed by atoms with Gasteiger partial charge in [0.15, 0.2) is 15.8 Å². The van der Waals surface area contributed by atoms with Gasteiger partial charge in [0.25, 0.3) is 10.0 Å². The van der Waals surface area contributed by atoms with Crippen LogP contribution in [0.2, 0.25) is 0 Å². The number of nitrogens with one attached hydrogen (secondary N) is 2. The van der Waals surface area contributed by atoms with E-state index in [9.17, 15) is 8.42 Å². The van der Waals surface area contributed by atoms with Gasteiger partial charge in [-0.2, -0.15) is 0 Å². The summed E-state index contributed by atoms with van der Waals surface area (Å²) in [7, 11) is -1.89. The molecule has 2 heterocycles. The molecule has 8 heteroatoms. The van der Waals surface area contributed by atoms with Crippen molar-refractivity contribution in [2.45, 2.75) is 31.2 Å². The van der Waals surface area contributed by atoms with Crippen LogP contribution in [0.4, 0.5) is 5.82 Å². The van der Waals surface area contributed by atoms with Crippen molar-refractivity contribution >= 4 is 32.1 Å². The minimum Gasteiger partial charge on any atom is -0.371 e. The Hall–Kier alpha value is -1.12. The van der Waals surface area contributed by atoms with Gasteiger partial charge in [-0.15, -0.1) is 11.3 Å². The predicted molar refractivity (Wildman–Crippen MR) is 79.8 cm³/mol. The normalized spacial score (nSPS) is 18.1. The molecule has 1 fully saturated rings. The fourth-order valence-electron chi connectivity index (χ4n) is 2.48. The molecule has 2 aromatic rings. The molecule has 1 saturated carbocycles. The zero-order chi connectivity index (χ0) is 14.4. The van der Waals surface area contributed by atoms with Gasteiger partial charge in [-0.1, -0.05) is 13.3 Å². The number of sulfonamides is 1. The van der Waals surface area contributed by atoms with Crippen LogP contribution in [0.5, 0.6) is 0 Å². The Morgan fingerprint density at radius 3 is 2.85 bits per heavy atom. The summed E-state index contributed by atoms with van der Waals surface area (Å²) in [5.41, 5.74) is 0.103. The van der Waals surface area contributed by atoms with Crippen LogP contribution in [0.25, 0.3) is 4.96 Å². The van der Waals surface area contributed by atoms with E-state index in [1.165, 1.54) is 17.8 Å². The fourth-order valence-corrected chi connectivity index (χ4v) is 4.73. The molecule has 2 N–H and O–H groups in total. The number of thiazole rings is 1. The molecule has 0 unspecified atom stereocenters. The molecule has 3 rings (SSSR count). The summed E-state index contributed by atoms with van der Waals surface area (Å²) >= 11 is 1.41. The first-order valence-electron chi connectivity index (χ1n) is 6.58. The average molecular weight is 314 g/mol. The standard InChI is InChI=1S/C12H18N4O2S2/c1-12(4-3-5-12)8-14-20(17,18)10-9(13-2)15-11-16(10)6-7-19-11/h6-7,13-14H,3-5,8H2,1-2H3. The van der Waals surface area contributed by atoms with E-state index in [0.29, 0.717) is 17.3 Å². The van der Waals surface area contributed by atoms with Crippen molar-refractivity contribution in [2.75, 3.05) is 18.9 Å². The molecule has 0 saturated heterocycles. The maximum Gasteiger partial charge on any atom is 0.260 e. The van der Waals surface area contributed by atoms with Crippen molar-refractivity contribution < 1.29 is 8.42 Å². The lowest BCUT2D eigenvalue weighted by atomic mass is 9.71. The molecule has 1 aliphatic carbocycles. The van der Waals surface area contributed by atoms with E-state index in [-0.39, 0.29) is 10.4 Å². The van der Waals surface area contributed by atoms with Crippen LogP contribution in [-0.2, 0) is 10.0 Å². The summed E-state index contributed by atoms with van der Waals surface area (Å²) in [4.78, 5) is 4.96. The van der Waals surface area contributed by atoms with E-state index >= 15 is 0 Å². The molecule has 20 heavy (non-hydrogen) atoms. The van der Waals surface area contributed by atoms with Crippen LogP contribution in [0, 0.1) is 5.41 Å². The van der Waals surface area contributed by atoms with Gasteiger partial charge >= 0.3 is 0 Å². The van der Waals surface area contributed by atoms with Gasteiger partial charge in [-0.3, -0.25) is 4.40 Å². The molecule has 1 aliphatic rings. The van der Waals surface area contributed by atoms with Gasteiger partial charge in [0.2, 0.25) is 0 Å². The highest BCUT2D eigenvalue weighted by Gasteiger charge is 2.34. The Kier molecular flexibility index (Phi) is 3.26. The predicted octanol–water partition coefficient (Wildman–Crippen LogP) is 1.91. The summed E-state index contributed by atoms with van der Waals surface area (Å²) in [6.07, 6.45) is 5.07. The Labute approximate surface area is 122 Å². The Morgan fingerprint density at radius 1 is 1.50 bits per heavy atom. The third kappa shape index (κ3) is 2.21. The molecular formula is C12H18N4O2S2. The lowest BCUT2D eigenvalue weighted by molar-refractivity contribution is 0.166. The number of hydrogen-bond donors (Lipinski definition) is 2. The summed E-state index contributed by atoms with van der Waals surface area (Å²) in [5.74, 6) is 0.392. The average Bonchev–Trinajstić information content (AvgIpc) is 2.93. The number of hydrogen-bond acceptors (Lipinski definition) is 5. The summed E-state index contributed by atoms with van der Waals surface area (Å²) in [5, 5.41) is 4.88. The van der Waals surface area contributed by atoms with Crippen molar-refractivity contribution in [1.82, 2.24) is 14.1 Å². The minimum absolute atomic E-state index is 0.103. The second-order valence-corrected chi connectivity index (χ2v) is 8.12. The van der Waals surface area contributed by atoms with Gasteiger partial charge < -0.3 is 5.32 Å². The Bertz CT molecular complexity index is 728. The molecule has 0 bridgehead atoms. The highest BCUT2D eigenvalue weighted by Crippen LogP contribution is 2.39. The summed E-state index contributed by atoms with van der Waals surface area (Å²) < 4.78 is 29.5. The number of rotatable bonds is 5. The molecule has 110 valence electrons. The van der Waals surface area contributed by atoms with E-state index in [4.69, 9.17) is 0 Å². The third-order valence-electron chi connectivity index (χ3n) is 3.96. The van der Waals surface area contributed by atoms with Crippen molar-refractivity contribution in [1.29, 1.82) is 0 Å². The maximum atomic E-state index is 12.6. The molecule has 0 spiro atoms. The van der Waals surface area contributed by atoms with Crippen LogP contribution in [0.15, 0.2) is 16.6 Å².